The highest BCUT2D eigenvalue weighted by atomic mass is 35.5. The summed E-state index contributed by atoms with van der Waals surface area (Å²) in [5.41, 5.74) is 0.973. The van der Waals surface area contributed by atoms with Crippen LogP contribution in [0.5, 0.6) is 5.75 Å². The second-order valence-electron chi connectivity index (χ2n) is 5.17. The van der Waals surface area contributed by atoms with Crippen molar-refractivity contribution < 1.29 is 13.2 Å². The summed E-state index contributed by atoms with van der Waals surface area (Å²) in [5.74, 6) is 0.738. The molecule has 0 aliphatic rings. The van der Waals surface area contributed by atoms with Crippen molar-refractivity contribution in [3.05, 3.63) is 46.3 Å². The minimum atomic E-state index is -3.57. The van der Waals surface area contributed by atoms with E-state index >= 15 is 0 Å². The number of benzene rings is 1. The summed E-state index contributed by atoms with van der Waals surface area (Å²) < 4.78 is 33.2. The first kappa shape index (κ1) is 18.2. The molecule has 0 aliphatic carbocycles. The Labute approximate surface area is 145 Å². The molecule has 0 radical (unpaired) electrons. The Hall–Kier alpha value is -1.12. The highest BCUT2D eigenvalue weighted by molar-refractivity contribution is 7.91. The van der Waals surface area contributed by atoms with Crippen LogP contribution >= 0.6 is 22.9 Å². The maximum absolute atomic E-state index is 12.3. The third kappa shape index (κ3) is 4.68. The fourth-order valence-electron chi connectivity index (χ4n) is 2.15. The van der Waals surface area contributed by atoms with Gasteiger partial charge >= 0.3 is 0 Å². The fraction of sp³-hybridized carbons (Fsp3) is 0.333. The third-order valence-electron chi connectivity index (χ3n) is 3.38. The maximum atomic E-state index is 12.3. The predicted molar refractivity (Wildman–Crippen MR) is 93.9 cm³/mol. The van der Waals surface area contributed by atoms with Crippen LogP contribution in [0.3, 0.4) is 0 Å². The van der Waals surface area contributed by atoms with E-state index in [4.69, 9.17) is 16.3 Å². The number of rotatable bonds is 7. The van der Waals surface area contributed by atoms with Crippen LogP contribution in [0, 0.1) is 0 Å². The molecule has 0 saturated carbocycles. The molecule has 0 unspecified atom stereocenters. The van der Waals surface area contributed by atoms with E-state index in [2.05, 4.69) is 4.72 Å². The van der Waals surface area contributed by atoms with Gasteiger partial charge in [0, 0.05) is 12.6 Å². The molecule has 0 spiro atoms. The van der Waals surface area contributed by atoms with Crippen molar-refractivity contribution in [2.45, 2.75) is 10.3 Å². The number of nitrogens with one attached hydrogen (secondary N) is 1. The number of sulfonamides is 1. The average Bonchev–Trinajstić information content (AvgIpc) is 2.95. The Kier molecular flexibility index (Phi) is 6.05. The first-order valence-corrected chi connectivity index (χ1v) is 9.56. The van der Waals surface area contributed by atoms with Gasteiger partial charge in [-0.2, -0.15) is 0 Å². The van der Waals surface area contributed by atoms with E-state index in [1.807, 2.05) is 43.3 Å². The van der Waals surface area contributed by atoms with Gasteiger partial charge in [0.15, 0.2) is 0 Å². The zero-order valence-corrected chi connectivity index (χ0v) is 15.5. The SMILES string of the molecule is COc1cccc([C@@H](CNS(=O)(=O)c2ccc(Cl)s2)N(C)C)c1. The Morgan fingerprint density at radius 2 is 2.04 bits per heavy atom. The molecule has 0 bridgehead atoms. The molecule has 8 heteroatoms. The molecule has 0 aliphatic heterocycles. The average molecular weight is 375 g/mol. The molecule has 0 fully saturated rings. The minimum Gasteiger partial charge on any atom is -0.497 e. The van der Waals surface area contributed by atoms with Gasteiger partial charge in [0.05, 0.1) is 11.4 Å². The molecule has 1 aromatic heterocycles. The summed E-state index contributed by atoms with van der Waals surface area (Å²) in [5, 5.41) is 0. The normalized spacial score (nSPS) is 13.3. The van der Waals surface area contributed by atoms with Gasteiger partial charge in [-0.3, -0.25) is 0 Å². The number of halogens is 1. The van der Waals surface area contributed by atoms with Crippen LogP contribution in [0.15, 0.2) is 40.6 Å². The number of hydrogen-bond donors (Lipinski definition) is 1. The van der Waals surface area contributed by atoms with Crippen LogP contribution in [0.4, 0.5) is 0 Å². The van der Waals surface area contributed by atoms with Gasteiger partial charge in [-0.05, 0) is 43.9 Å². The molecular formula is C15H19ClN2O3S2. The lowest BCUT2D eigenvalue weighted by Gasteiger charge is -2.25. The quantitative estimate of drug-likeness (QED) is 0.809. The van der Waals surface area contributed by atoms with Gasteiger partial charge in [0.25, 0.3) is 0 Å². The fourth-order valence-corrected chi connectivity index (χ4v) is 4.71. The van der Waals surface area contributed by atoms with Gasteiger partial charge in [-0.15, -0.1) is 11.3 Å². The molecule has 1 atom stereocenters. The molecule has 23 heavy (non-hydrogen) atoms. The summed E-state index contributed by atoms with van der Waals surface area (Å²) in [6.07, 6.45) is 0. The summed E-state index contributed by atoms with van der Waals surface area (Å²) in [7, 11) is 1.85. The Morgan fingerprint density at radius 3 is 2.61 bits per heavy atom. The number of hydrogen-bond acceptors (Lipinski definition) is 5. The number of likely N-dealkylation sites (N-methyl/N-ethyl adjacent to an activating group) is 1. The predicted octanol–water partition coefficient (Wildman–Crippen LogP) is 2.99. The lowest BCUT2D eigenvalue weighted by molar-refractivity contribution is 0.298. The van der Waals surface area contributed by atoms with Crippen molar-refractivity contribution in [3.8, 4) is 5.75 Å². The maximum Gasteiger partial charge on any atom is 0.250 e. The number of ether oxygens (including phenoxy) is 1. The zero-order chi connectivity index (χ0) is 17.0. The van der Waals surface area contributed by atoms with E-state index in [1.54, 1.807) is 13.2 Å². The largest absolute Gasteiger partial charge is 0.497 e. The van der Waals surface area contributed by atoms with Gasteiger partial charge in [0.1, 0.15) is 9.96 Å². The van der Waals surface area contributed by atoms with Crippen LogP contribution in [0.2, 0.25) is 4.34 Å². The van der Waals surface area contributed by atoms with Crippen LogP contribution < -0.4 is 9.46 Å². The highest BCUT2D eigenvalue weighted by Crippen LogP contribution is 2.26. The van der Waals surface area contributed by atoms with Gasteiger partial charge in [-0.25, -0.2) is 13.1 Å². The van der Waals surface area contributed by atoms with E-state index in [0.29, 0.717) is 4.34 Å². The first-order chi connectivity index (χ1) is 10.8. The summed E-state index contributed by atoms with van der Waals surface area (Å²) >= 11 is 6.85. The Morgan fingerprint density at radius 1 is 1.30 bits per heavy atom. The lowest BCUT2D eigenvalue weighted by atomic mass is 10.1. The van der Waals surface area contributed by atoms with E-state index in [0.717, 1.165) is 22.6 Å². The first-order valence-electron chi connectivity index (χ1n) is 6.89. The monoisotopic (exact) mass is 374 g/mol. The highest BCUT2D eigenvalue weighted by Gasteiger charge is 2.21. The van der Waals surface area contributed by atoms with Gasteiger partial charge in [0.2, 0.25) is 10.0 Å². The summed E-state index contributed by atoms with van der Waals surface area (Å²) in [6, 6.07) is 10.6. The van der Waals surface area contributed by atoms with Crippen LogP contribution in [0.1, 0.15) is 11.6 Å². The van der Waals surface area contributed by atoms with Crippen LogP contribution in [-0.4, -0.2) is 41.1 Å². The van der Waals surface area contributed by atoms with Crippen molar-refractivity contribution in [1.82, 2.24) is 9.62 Å². The molecule has 2 rings (SSSR count). The topological polar surface area (TPSA) is 58.6 Å². The second kappa shape index (κ2) is 7.63. The Balaban J connectivity index is 2.17. The van der Waals surface area contributed by atoms with Crippen molar-refractivity contribution in [3.63, 3.8) is 0 Å². The molecule has 0 amide bonds. The number of methoxy groups -OCH3 is 1. The summed E-state index contributed by atoms with van der Waals surface area (Å²) in [4.78, 5) is 1.96. The number of thiophene rings is 1. The molecule has 1 aromatic carbocycles. The lowest BCUT2D eigenvalue weighted by Crippen LogP contribution is -2.34. The van der Waals surface area contributed by atoms with E-state index < -0.39 is 10.0 Å². The van der Waals surface area contributed by atoms with Gasteiger partial charge in [-0.1, -0.05) is 23.7 Å². The van der Waals surface area contributed by atoms with E-state index in [1.165, 1.54) is 6.07 Å². The van der Waals surface area contributed by atoms with Gasteiger partial charge < -0.3 is 9.64 Å². The number of nitrogens with zero attached hydrogens (tertiary/aromatic N) is 1. The Bertz CT molecular complexity index is 760. The molecular weight excluding hydrogens is 356 g/mol. The molecule has 5 nitrogen and oxygen atoms in total. The van der Waals surface area contributed by atoms with Crippen molar-refractivity contribution in [1.29, 1.82) is 0 Å². The van der Waals surface area contributed by atoms with Crippen molar-refractivity contribution in [2.75, 3.05) is 27.7 Å². The van der Waals surface area contributed by atoms with E-state index in [9.17, 15) is 8.42 Å². The molecule has 1 N–H and O–H groups in total. The second-order valence-corrected chi connectivity index (χ2v) is 8.88. The standard InChI is InChI=1S/C15H19ClN2O3S2/c1-18(2)13(11-5-4-6-12(9-11)21-3)10-17-23(19,20)15-8-7-14(16)22-15/h4-9,13,17H,10H2,1-3H3/t13-/m1/s1. The molecule has 2 aromatic rings. The zero-order valence-electron chi connectivity index (χ0n) is 13.1. The van der Waals surface area contributed by atoms with E-state index in [-0.39, 0.29) is 16.8 Å². The molecule has 126 valence electrons. The smallest absolute Gasteiger partial charge is 0.250 e. The summed E-state index contributed by atoms with van der Waals surface area (Å²) in [6.45, 7) is 0.248. The van der Waals surface area contributed by atoms with Crippen molar-refractivity contribution >= 4 is 33.0 Å². The molecule has 1 heterocycles. The molecule has 0 saturated heterocycles. The minimum absolute atomic E-state index is 0.115. The van der Waals surface area contributed by atoms with Crippen LogP contribution in [0.25, 0.3) is 0 Å². The van der Waals surface area contributed by atoms with Crippen LogP contribution in [-0.2, 0) is 10.0 Å². The third-order valence-corrected chi connectivity index (χ3v) is 6.53. The van der Waals surface area contributed by atoms with Crippen molar-refractivity contribution in [2.24, 2.45) is 0 Å².